The fourth-order valence-electron chi connectivity index (χ4n) is 2.17. The number of aromatic nitrogens is 2. The van der Waals surface area contributed by atoms with Crippen LogP contribution in [0.2, 0.25) is 0 Å². The predicted molar refractivity (Wildman–Crippen MR) is 84.2 cm³/mol. The molecule has 0 bridgehead atoms. The van der Waals surface area contributed by atoms with Crippen LogP contribution in [0.4, 0.5) is 0 Å². The second-order valence-electron chi connectivity index (χ2n) is 4.74. The second-order valence-corrected chi connectivity index (χ2v) is 5.69. The Balaban J connectivity index is 1.79. The van der Waals surface area contributed by atoms with E-state index in [0.717, 1.165) is 16.1 Å². The third-order valence-corrected chi connectivity index (χ3v) is 4.19. The molecule has 5 heteroatoms. The van der Waals surface area contributed by atoms with Crippen molar-refractivity contribution in [2.24, 2.45) is 0 Å². The van der Waals surface area contributed by atoms with Gasteiger partial charge in [0.25, 0.3) is 5.91 Å². The lowest BCUT2D eigenvalue weighted by molar-refractivity contribution is 0.0940. The van der Waals surface area contributed by atoms with Gasteiger partial charge in [0.2, 0.25) is 0 Å². The highest BCUT2D eigenvalue weighted by molar-refractivity contribution is 7.13. The first-order chi connectivity index (χ1) is 10.3. The highest BCUT2D eigenvalue weighted by Crippen LogP contribution is 2.26. The number of nitrogens with zero attached hydrogens (tertiary/aromatic N) is 1. The summed E-state index contributed by atoms with van der Waals surface area (Å²) in [4.78, 5) is 13.4. The van der Waals surface area contributed by atoms with Crippen molar-refractivity contribution in [2.75, 3.05) is 0 Å². The number of rotatable bonds is 4. The van der Waals surface area contributed by atoms with E-state index in [4.69, 9.17) is 0 Å². The number of aromatic amines is 1. The van der Waals surface area contributed by atoms with Crippen molar-refractivity contribution in [1.29, 1.82) is 0 Å². The van der Waals surface area contributed by atoms with E-state index in [1.54, 1.807) is 17.5 Å². The molecule has 0 aliphatic rings. The van der Waals surface area contributed by atoms with Gasteiger partial charge in [-0.1, -0.05) is 36.4 Å². The number of carbonyl (C=O) groups excluding carboxylic acids is 1. The van der Waals surface area contributed by atoms with Crippen LogP contribution >= 0.6 is 11.3 Å². The smallest absolute Gasteiger partial charge is 0.255 e. The standard InChI is InChI=1S/C16H15N3OS/c1-11(12-6-3-2-4-7-12)18-16(20)13-10-17-19-15(13)14-8-5-9-21-14/h2-11H,1H3,(H,17,19)(H,18,20)/t11-/m1/s1. The van der Waals surface area contributed by atoms with Gasteiger partial charge in [-0.3, -0.25) is 9.89 Å². The van der Waals surface area contributed by atoms with E-state index >= 15 is 0 Å². The third-order valence-electron chi connectivity index (χ3n) is 3.30. The molecule has 2 aromatic heterocycles. The Hall–Kier alpha value is -2.40. The lowest BCUT2D eigenvalue weighted by Crippen LogP contribution is -2.26. The van der Waals surface area contributed by atoms with E-state index in [1.165, 1.54) is 0 Å². The van der Waals surface area contributed by atoms with Gasteiger partial charge in [-0.25, -0.2) is 0 Å². The van der Waals surface area contributed by atoms with Gasteiger partial charge < -0.3 is 5.32 Å². The first-order valence-electron chi connectivity index (χ1n) is 6.69. The molecule has 0 saturated carbocycles. The Morgan fingerprint density at radius 3 is 2.76 bits per heavy atom. The van der Waals surface area contributed by atoms with Crippen LogP contribution in [-0.4, -0.2) is 16.1 Å². The lowest BCUT2D eigenvalue weighted by Gasteiger charge is -2.14. The summed E-state index contributed by atoms with van der Waals surface area (Å²) >= 11 is 1.58. The number of H-pyrrole nitrogens is 1. The number of benzene rings is 1. The summed E-state index contributed by atoms with van der Waals surface area (Å²) in [6.07, 6.45) is 1.57. The highest BCUT2D eigenvalue weighted by atomic mass is 32.1. The molecule has 21 heavy (non-hydrogen) atoms. The Kier molecular flexibility index (Phi) is 3.83. The maximum Gasteiger partial charge on any atom is 0.255 e. The average molecular weight is 297 g/mol. The maximum absolute atomic E-state index is 12.4. The molecule has 4 nitrogen and oxygen atoms in total. The van der Waals surface area contributed by atoms with Crippen LogP contribution in [0.25, 0.3) is 10.6 Å². The van der Waals surface area contributed by atoms with Gasteiger partial charge in [0, 0.05) is 0 Å². The fraction of sp³-hybridized carbons (Fsp3) is 0.125. The van der Waals surface area contributed by atoms with Crippen molar-refractivity contribution >= 4 is 17.2 Å². The SMILES string of the molecule is C[C@@H](NC(=O)c1cn[nH]c1-c1cccs1)c1ccccc1. The van der Waals surface area contributed by atoms with Crippen LogP contribution in [0.15, 0.2) is 54.0 Å². The summed E-state index contributed by atoms with van der Waals surface area (Å²) in [5.41, 5.74) is 2.41. The van der Waals surface area contributed by atoms with Crippen molar-refractivity contribution in [3.05, 3.63) is 65.2 Å². The average Bonchev–Trinajstić information content (AvgIpc) is 3.18. The molecule has 0 unspecified atom stereocenters. The molecular weight excluding hydrogens is 282 g/mol. The summed E-state index contributed by atoms with van der Waals surface area (Å²) in [5, 5.41) is 11.9. The summed E-state index contributed by atoms with van der Waals surface area (Å²) in [6.45, 7) is 1.97. The van der Waals surface area contributed by atoms with Gasteiger partial charge in [0.15, 0.2) is 0 Å². The summed E-state index contributed by atoms with van der Waals surface area (Å²) in [6, 6.07) is 13.8. The van der Waals surface area contributed by atoms with E-state index in [9.17, 15) is 4.79 Å². The Morgan fingerprint density at radius 2 is 2.05 bits per heavy atom. The van der Waals surface area contributed by atoms with Crippen LogP contribution < -0.4 is 5.32 Å². The third kappa shape index (κ3) is 2.87. The van der Waals surface area contributed by atoms with Crippen LogP contribution in [-0.2, 0) is 0 Å². The topological polar surface area (TPSA) is 57.8 Å². The van der Waals surface area contributed by atoms with Crippen LogP contribution in [0.1, 0.15) is 28.9 Å². The van der Waals surface area contributed by atoms with E-state index in [0.29, 0.717) is 5.56 Å². The molecule has 1 aromatic carbocycles. The molecule has 0 saturated heterocycles. The first kappa shape index (κ1) is 13.6. The molecule has 2 heterocycles. The molecule has 0 radical (unpaired) electrons. The Morgan fingerprint density at radius 1 is 1.24 bits per heavy atom. The van der Waals surface area contributed by atoms with Gasteiger partial charge >= 0.3 is 0 Å². The zero-order valence-electron chi connectivity index (χ0n) is 11.5. The zero-order valence-corrected chi connectivity index (χ0v) is 12.4. The molecule has 0 aliphatic heterocycles. The fourth-order valence-corrected chi connectivity index (χ4v) is 2.90. The second kappa shape index (κ2) is 5.93. The van der Waals surface area contributed by atoms with Gasteiger partial charge in [-0.05, 0) is 23.9 Å². The minimum absolute atomic E-state index is 0.0511. The lowest BCUT2D eigenvalue weighted by atomic mass is 10.1. The number of amides is 1. The number of hydrogen-bond donors (Lipinski definition) is 2. The van der Waals surface area contributed by atoms with E-state index < -0.39 is 0 Å². The molecular formula is C16H15N3OS. The van der Waals surface area contributed by atoms with E-state index in [-0.39, 0.29) is 11.9 Å². The molecule has 0 fully saturated rings. The molecule has 1 atom stereocenters. The minimum atomic E-state index is -0.122. The Labute approximate surface area is 126 Å². The van der Waals surface area contributed by atoms with Gasteiger partial charge in [-0.15, -0.1) is 11.3 Å². The number of thiophene rings is 1. The summed E-state index contributed by atoms with van der Waals surface area (Å²) in [5.74, 6) is -0.122. The molecule has 3 aromatic rings. The highest BCUT2D eigenvalue weighted by Gasteiger charge is 2.18. The van der Waals surface area contributed by atoms with Crippen molar-refractivity contribution in [3.8, 4) is 10.6 Å². The van der Waals surface area contributed by atoms with Crippen molar-refractivity contribution in [3.63, 3.8) is 0 Å². The Bertz CT molecular complexity index is 719. The maximum atomic E-state index is 12.4. The number of hydrogen-bond acceptors (Lipinski definition) is 3. The van der Waals surface area contributed by atoms with Gasteiger partial charge in [0.1, 0.15) is 0 Å². The van der Waals surface area contributed by atoms with Crippen molar-refractivity contribution in [2.45, 2.75) is 13.0 Å². The van der Waals surface area contributed by atoms with Gasteiger partial charge in [0.05, 0.1) is 28.4 Å². The van der Waals surface area contributed by atoms with Crippen LogP contribution in [0, 0.1) is 0 Å². The largest absolute Gasteiger partial charge is 0.345 e. The normalized spacial score (nSPS) is 12.0. The number of carbonyl (C=O) groups is 1. The van der Waals surface area contributed by atoms with Crippen LogP contribution in [0.5, 0.6) is 0 Å². The monoisotopic (exact) mass is 297 g/mol. The molecule has 0 aliphatic carbocycles. The predicted octanol–water partition coefficient (Wildman–Crippen LogP) is 3.63. The first-order valence-corrected chi connectivity index (χ1v) is 7.56. The van der Waals surface area contributed by atoms with E-state index in [1.807, 2.05) is 54.8 Å². The minimum Gasteiger partial charge on any atom is -0.345 e. The summed E-state index contributed by atoms with van der Waals surface area (Å²) < 4.78 is 0. The van der Waals surface area contributed by atoms with Crippen molar-refractivity contribution in [1.82, 2.24) is 15.5 Å². The molecule has 3 rings (SSSR count). The van der Waals surface area contributed by atoms with Crippen molar-refractivity contribution < 1.29 is 4.79 Å². The molecule has 1 amide bonds. The van der Waals surface area contributed by atoms with Gasteiger partial charge in [-0.2, -0.15) is 5.10 Å². The quantitative estimate of drug-likeness (QED) is 0.772. The number of nitrogens with one attached hydrogen (secondary N) is 2. The molecule has 0 spiro atoms. The van der Waals surface area contributed by atoms with Crippen LogP contribution in [0.3, 0.4) is 0 Å². The molecule has 106 valence electrons. The molecule has 2 N–H and O–H groups in total. The van der Waals surface area contributed by atoms with E-state index in [2.05, 4.69) is 15.5 Å². The summed E-state index contributed by atoms with van der Waals surface area (Å²) in [7, 11) is 0. The zero-order chi connectivity index (χ0) is 14.7.